The predicted octanol–water partition coefficient (Wildman–Crippen LogP) is 0.730. The summed E-state index contributed by atoms with van der Waals surface area (Å²) in [6.07, 6.45) is 0. The topological polar surface area (TPSA) is 130 Å². The van der Waals surface area contributed by atoms with Gasteiger partial charge in [-0.05, 0) is 19.1 Å². The second-order valence-electron chi connectivity index (χ2n) is 4.43. The van der Waals surface area contributed by atoms with Gasteiger partial charge in [0.25, 0.3) is 5.69 Å². The Balaban J connectivity index is 3.33. The highest BCUT2D eigenvalue weighted by Crippen LogP contribution is 2.29. The molecule has 0 saturated heterocycles. The third kappa shape index (κ3) is 3.67. The van der Waals surface area contributed by atoms with Gasteiger partial charge >= 0.3 is 5.97 Å². The number of carboxylic acids is 1. The molecule has 116 valence electrons. The first-order valence-electron chi connectivity index (χ1n) is 5.77. The van der Waals surface area contributed by atoms with Gasteiger partial charge in [0.2, 0.25) is 10.0 Å². The van der Waals surface area contributed by atoms with Crippen LogP contribution < -0.4 is 5.32 Å². The summed E-state index contributed by atoms with van der Waals surface area (Å²) in [7, 11) is -1.20. The molecule has 1 rings (SSSR count). The summed E-state index contributed by atoms with van der Waals surface area (Å²) in [6.45, 7) is 1.32. The van der Waals surface area contributed by atoms with Crippen molar-refractivity contribution in [1.29, 1.82) is 0 Å². The summed E-state index contributed by atoms with van der Waals surface area (Å²) >= 11 is 0. The average molecular weight is 317 g/mol. The van der Waals surface area contributed by atoms with E-state index in [1.54, 1.807) is 0 Å². The second kappa shape index (κ2) is 6.06. The van der Waals surface area contributed by atoms with Crippen molar-refractivity contribution >= 4 is 27.4 Å². The number of rotatable bonds is 6. The molecule has 0 heterocycles. The van der Waals surface area contributed by atoms with E-state index in [0.717, 1.165) is 10.4 Å². The number of anilines is 1. The standard InChI is InChI=1S/C11H15N3O6S/c1-7(11(15)16)12-9-5-4-8(6-10(9)14(17)18)21(19,20)13(2)3/h4-7,12H,1-3H3,(H,15,16). The van der Waals surface area contributed by atoms with Crippen LogP contribution in [0.4, 0.5) is 11.4 Å². The van der Waals surface area contributed by atoms with Crippen molar-refractivity contribution < 1.29 is 23.2 Å². The van der Waals surface area contributed by atoms with Gasteiger partial charge in [-0.1, -0.05) is 0 Å². The molecule has 0 aromatic heterocycles. The largest absolute Gasteiger partial charge is 0.480 e. The number of sulfonamides is 1. The van der Waals surface area contributed by atoms with Gasteiger partial charge in [-0.25, -0.2) is 12.7 Å². The van der Waals surface area contributed by atoms with E-state index in [-0.39, 0.29) is 10.6 Å². The van der Waals surface area contributed by atoms with Gasteiger partial charge in [-0.3, -0.25) is 14.9 Å². The number of nitrogens with one attached hydrogen (secondary N) is 1. The summed E-state index contributed by atoms with van der Waals surface area (Å²) in [5.41, 5.74) is -0.571. The maximum atomic E-state index is 11.9. The molecule has 1 aromatic carbocycles. The maximum absolute atomic E-state index is 11.9. The average Bonchev–Trinajstić information content (AvgIpc) is 2.38. The minimum Gasteiger partial charge on any atom is -0.480 e. The van der Waals surface area contributed by atoms with Gasteiger partial charge in [0.05, 0.1) is 9.82 Å². The summed E-state index contributed by atoms with van der Waals surface area (Å²) in [5, 5.41) is 22.3. The molecule has 0 bridgehead atoms. The van der Waals surface area contributed by atoms with E-state index >= 15 is 0 Å². The molecule has 0 amide bonds. The summed E-state index contributed by atoms with van der Waals surface area (Å²) in [6, 6.07) is 2.19. The van der Waals surface area contributed by atoms with Crippen molar-refractivity contribution in [3.05, 3.63) is 28.3 Å². The van der Waals surface area contributed by atoms with Crippen molar-refractivity contribution in [3.63, 3.8) is 0 Å². The van der Waals surface area contributed by atoms with Crippen LogP contribution in [0.5, 0.6) is 0 Å². The maximum Gasteiger partial charge on any atom is 0.325 e. The number of benzene rings is 1. The Hall–Kier alpha value is -2.20. The van der Waals surface area contributed by atoms with E-state index in [0.29, 0.717) is 0 Å². The van der Waals surface area contributed by atoms with Crippen LogP contribution in [0.15, 0.2) is 23.1 Å². The Labute approximate surface area is 121 Å². The highest BCUT2D eigenvalue weighted by atomic mass is 32.2. The van der Waals surface area contributed by atoms with Gasteiger partial charge in [0, 0.05) is 20.2 Å². The van der Waals surface area contributed by atoms with Gasteiger partial charge in [-0.2, -0.15) is 0 Å². The third-order valence-corrected chi connectivity index (χ3v) is 4.50. The molecule has 0 radical (unpaired) electrons. The van der Waals surface area contributed by atoms with Crippen LogP contribution in [0, 0.1) is 10.1 Å². The predicted molar refractivity (Wildman–Crippen MR) is 74.7 cm³/mol. The number of carbonyl (C=O) groups is 1. The smallest absolute Gasteiger partial charge is 0.325 e. The molecule has 1 unspecified atom stereocenters. The molecular weight excluding hydrogens is 302 g/mol. The van der Waals surface area contributed by atoms with Gasteiger partial charge in [0.1, 0.15) is 11.7 Å². The number of hydrogen-bond donors (Lipinski definition) is 2. The highest BCUT2D eigenvalue weighted by molar-refractivity contribution is 7.89. The van der Waals surface area contributed by atoms with Crippen molar-refractivity contribution in [3.8, 4) is 0 Å². The van der Waals surface area contributed by atoms with Crippen molar-refractivity contribution in [2.75, 3.05) is 19.4 Å². The first-order chi connectivity index (χ1) is 9.57. The monoisotopic (exact) mass is 317 g/mol. The molecule has 21 heavy (non-hydrogen) atoms. The summed E-state index contributed by atoms with van der Waals surface area (Å²) < 4.78 is 24.8. The normalized spacial score (nSPS) is 13.0. The zero-order valence-corrected chi connectivity index (χ0v) is 12.4. The minimum atomic E-state index is -3.81. The molecule has 10 heteroatoms. The van der Waals surface area contributed by atoms with Crippen molar-refractivity contribution in [2.24, 2.45) is 0 Å². The SMILES string of the molecule is CC(Nc1ccc(S(=O)(=O)N(C)C)cc1[N+](=O)[O-])C(=O)O. The van der Waals surface area contributed by atoms with Crippen LogP contribution >= 0.6 is 0 Å². The van der Waals surface area contributed by atoms with Crippen LogP contribution in [-0.4, -0.2) is 48.9 Å². The molecule has 2 N–H and O–H groups in total. The molecular formula is C11H15N3O6S. The van der Waals surface area contributed by atoms with E-state index in [2.05, 4.69) is 5.32 Å². The quantitative estimate of drug-likeness (QED) is 0.584. The third-order valence-electron chi connectivity index (χ3n) is 2.69. The lowest BCUT2D eigenvalue weighted by molar-refractivity contribution is -0.384. The van der Waals surface area contributed by atoms with Crippen LogP contribution in [0.25, 0.3) is 0 Å². The van der Waals surface area contributed by atoms with Gasteiger partial charge in [-0.15, -0.1) is 0 Å². The molecule has 0 aliphatic carbocycles. The fourth-order valence-electron chi connectivity index (χ4n) is 1.45. The Morgan fingerprint density at radius 3 is 2.43 bits per heavy atom. The van der Waals surface area contributed by atoms with E-state index in [9.17, 15) is 23.3 Å². The molecule has 0 spiro atoms. The lowest BCUT2D eigenvalue weighted by Crippen LogP contribution is -2.26. The van der Waals surface area contributed by atoms with Crippen LogP contribution in [0.1, 0.15) is 6.92 Å². The van der Waals surface area contributed by atoms with Crippen LogP contribution in [0.2, 0.25) is 0 Å². The summed E-state index contributed by atoms with van der Waals surface area (Å²) in [4.78, 5) is 20.8. The summed E-state index contributed by atoms with van der Waals surface area (Å²) in [5.74, 6) is -1.19. The number of nitrogens with zero attached hydrogens (tertiary/aromatic N) is 2. The number of aliphatic carboxylic acids is 1. The zero-order chi connectivity index (χ0) is 16.4. The van der Waals surface area contributed by atoms with E-state index in [4.69, 9.17) is 5.11 Å². The van der Waals surface area contributed by atoms with Crippen molar-refractivity contribution in [2.45, 2.75) is 17.9 Å². The molecule has 0 aliphatic heterocycles. The number of hydrogen-bond acceptors (Lipinski definition) is 6. The Morgan fingerprint density at radius 1 is 1.43 bits per heavy atom. The molecule has 9 nitrogen and oxygen atoms in total. The second-order valence-corrected chi connectivity index (χ2v) is 6.58. The van der Waals surface area contributed by atoms with E-state index in [1.807, 2.05) is 0 Å². The molecule has 0 fully saturated rings. The molecule has 1 aromatic rings. The van der Waals surface area contributed by atoms with E-state index < -0.39 is 32.6 Å². The molecule has 0 saturated carbocycles. The minimum absolute atomic E-state index is 0.0624. The van der Waals surface area contributed by atoms with Gasteiger partial charge < -0.3 is 10.4 Å². The zero-order valence-electron chi connectivity index (χ0n) is 11.6. The lowest BCUT2D eigenvalue weighted by Gasteiger charge is -2.14. The van der Waals surface area contributed by atoms with Crippen LogP contribution in [0.3, 0.4) is 0 Å². The Bertz CT molecular complexity index is 671. The highest BCUT2D eigenvalue weighted by Gasteiger charge is 2.24. The lowest BCUT2D eigenvalue weighted by atomic mass is 10.2. The number of nitro benzene ring substituents is 1. The Morgan fingerprint density at radius 2 is 2.00 bits per heavy atom. The van der Waals surface area contributed by atoms with Crippen LogP contribution in [-0.2, 0) is 14.8 Å². The molecule has 1 atom stereocenters. The first-order valence-corrected chi connectivity index (χ1v) is 7.21. The van der Waals surface area contributed by atoms with Crippen molar-refractivity contribution in [1.82, 2.24) is 4.31 Å². The van der Waals surface area contributed by atoms with Gasteiger partial charge in [0.15, 0.2) is 0 Å². The van der Waals surface area contributed by atoms with E-state index in [1.165, 1.54) is 33.2 Å². The Kier molecular flexibility index (Phi) is 4.86. The number of nitro groups is 1. The number of carboxylic acid groups (broad SMARTS) is 1. The fraction of sp³-hybridized carbons (Fsp3) is 0.364. The fourth-order valence-corrected chi connectivity index (χ4v) is 2.37. The molecule has 0 aliphatic rings. The first kappa shape index (κ1) is 16.9.